The Morgan fingerprint density at radius 2 is 0.812 bits per heavy atom. The first kappa shape index (κ1) is 93.7. The number of nitrogen functional groups attached to an aromatic ring is 2. The Labute approximate surface area is 659 Å². The molecule has 0 amide bonds. The zero-order chi connectivity index (χ0) is 84.4. The molecule has 6 aromatic rings. The Morgan fingerprint density at radius 1 is 0.464 bits per heavy atom. The van der Waals surface area contributed by atoms with Gasteiger partial charge in [0, 0.05) is 51.6 Å². The number of anilines is 2. The standard InChI is InChI=1S/C19H32N5O6P.C19H31N5O3.C17H29N2O7P.C17H29N2O6PS/c1-18(2,3)8-11-13(29-31(25,26)30-19(4,5)6)14(27-7)17(28-11)24-10-23-12-15(20)21-9-22-16(12)24;1-18(2,3)8-11-13(27-19(4,5)6)14(25-7)17(26-11)24-10-23-12-15(20)21-9-22-16(12)24;1-16(2,3)10-12-11(25-27(22,23)26-17(4,5)6)9-14(24-12)19-8-7-13(20)18-15(19)21;1-16(2,3)10-12-11(24-26(22,27)25-17(4,5)6)9-14(23-12)19-8-7-13(20)18-15(19)21/h9-11,13-14,17H,8H2,1-7H3,(H,25,26)(H2,20,21,22);9-11,13-14,17H,8H2,1-7H3,(H2,20,21,22);7-8,11-12,14H,9-10H2,1-6H3,(H,22,23)(H,18,20,21);7-8,11-12,14H,9-10H2,1-6H3,(H,22,27)(H,18,20,21)/t2*11-,13-,14-,17-;11-,12+,14+;11-,12+,14+,26?/m1100/s1. The highest BCUT2D eigenvalue weighted by Gasteiger charge is 2.53. The average Bonchev–Trinajstić information content (AvgIpc) is 1.61. The zero-order valence-electron chi connectivity index (χ0n) is 69.4. The molecule has 6 aromatic heterocycles. The first-order valence-corrected chi connectivity index (χ1v) is 42.6. The van der Waals surface area contributed by atoms with Gasteiger partial charge in [0.05, 0.1) is 71.7 Å². The molecule has 0 aromatic carbocycles. The third-order valence-electron chi connectivity index (χ3n) is 16.8. The second-order valence-electron chi connectivity index (χ2n) is 37.1. The molecule has 4 fully saturated rings. The number of phosphoric acid groups is 2. The normalized spacial score (nSPS) is 26.5. The highest BCUT2D eigenvalue weighted by atomic mass is 32.5. The van der Waals surface area contributed by atoms with Crippen molar-refractivity contribution in [2.24, 2.45) is 21.7 Å². The van der Waals surface area contributed by atoms with Gasteiger partial charge in [-0.1, -0.05) is 83.1 Å². The van der Waals surface area contributed by atoms with E-state index < -0.39 is 123 Å². The molecule has 632 valence electrons. The van der Waals surface area contributed by atoms with Crippen molar-refractivity contribution >= 4 is 68.1 Å². The SMILES string of the molecule is CC(C)(C)C[C@H]1O[C@@H](n2ccc(=O)[nH]c2=O)C[C@@H]1OP(=O)(O)OC(C)(C)C.CC(C)(C)C[C@H]1O[C@@H](n2ccc(=O)[nH]c2=O)C[C@@H]1OP(O)(=S)OC(C)(C)C.CO[C@@H]1[C@H](OC(C)(C)C)[C@@H](CC(C)(C)C)O[C@H]1n1cnc2c(N)ncnc21.CO[C@@H]1[C@H](OP(=O)(O)OC(C)(C)C)[C@@H](CC(C)(C)C)O[C@H]1n1cnc2c(N)ncnc21. The quantitative estimate of drug-likeness (QED) is 0.0349. The van der Waals surface area contributed by atoms with E-state index in [1.165, 1.54) is 59.8 Å². The molecule has 36 nitrogen and oxygen atoms in total. The molecule has 0 spiro atoms. The number of nitrogens with zero attached hydrogens (tertiary/aromatic N) is 10. The van der Waals surface area contributed by atoms with Gasteiger partial charge in [0.15, 0.2) is 35.4 Å². The van der Waals surface area contributed by atoms with Crippen molar-refractivity contribution in [3.8, 4) is 0 Å². The van der Waals surface area contributed by atoms with Crippen LogP contribution in [0.1, 0.15) is 230 Å². The molecule has 0 radical (unpaired) electrons. The molecular weight excluding hydrogens is 1540 g/mol. The fourth-order valence-corrected chi connectivity index (χ4v) is 18.0. The van der Waals surface area contributed by atoms with Crippen LogP contribution in [0.15, 0.2) is 69.0 Å². The van der Waals surface area contributed by atoms with E-state index in [0.717, 1.165) is 6.42 Å². The van der Waals surface area contributed by atoms with Crippen molar-refractivity contribution < 1.29 is 84.1 Å². The van der Waals surface area contributed by atoms with Crippen molar-refractivity contribution in [2.45, 2.75) is 313 Å². The molecule has 3 unspecified atom stereocenters. The summed E-state index contributed by atoms with van der Waals surface area (Å²) in [4.78, 5) is 107. The molecule has 4 aliphatic heterocycles. The fraction of sp³-hybridized carbons (Fsp3) is 0.750. The van der Waals surface area contributed by atoms with Crippen LogP contribution in [0.3, 0.4) is 0 Å². The number of aromatic amines is 2. The molecule has 0 aliphatic carbocycles. The van der Waals surface area contributed by atoms with Gasteiger partial charge in [-0.05, 0) is 142 Å². The van der Waals surface area contributed by atoms with Crippen LogP contribution in [-0.4, -0.2) is 170 Å². The van der Waals surface area contributed by atoms with Crippen LogP contribution in [0.2, 0.25) is 0 Å². The van der Waals surface area contributed by atoms with Crippen LogP contribution in [0.4, 0.5) is 11.6 Å². The molecule has 112 heavy (non-hydrogen) atoms. The zero-order valence-corrected chi connectivity index (χ0v) is 72.9. The van der Waals surface area contributed by atoms with E-state index in [2.05, 4.69) is 81.4 Å². The van der Waals surface area contributed by atoms with Gasteiger partial charge in [0.25, 0.3) is 11.1 Å². The average molecular weight is 1660 g/mol. The molecule has 40 heteroatoms. The molecule has 9 N–H and O–H groups in total. The second kappa shape index (κ2) is 35.8. The summed E-state index contributed by atoms with van der Waals surface area (Å²) in [5.74, 6) is 0.590. The van der Waals surface area contributed by atoms with E-state index in [0.29, 0.717) is 53.8 Å². The highest BCUT2D eigenvalue weighted by Crippen LogP contribution is 2.56. The van der Waals surface area contributed by atoms with Crippen molar-refractivity contribution in [2.75, 3.05) is 25.7 Å². The number of hydrogen-bond acceptors (Lipinski definition) is 28. The number of rotatable bonds is 20. The first-order chi connectivity index (χ1) is 51.0. The monoisotopic (exact) mass is 1660 g/mol. The number of fused-ring (bicyclic) bond motifs is 2. The van der Waals surface area contributed by atoms with Gasteiger partial charge in [-0.15, -0.1) is 0 Å². The molecule has 10 rings (SSSR count). The lowest BCUT2D eigenvalue weighted by molar-refractivity contribution is -0.123. The number of methoxy groups -OCH3 is 2. The van der Waals surface area contributed by atoms with E-state index in [-0.39, 0.29) is 63.9 Å². The Kier molecular flexibility index (Phi) is 29.9. The summed E-state index contributed by atoms with van der Waals surface area (Å²) in [5, 5.41) is 0. The maximum absolute atomic E-state index is 12.8. The minimum absolute atomic E-state index is 0.0694. The summed E-state index contributed by atoms with van der Waals surface area (Å²) in [6.07, 6.45) is 4.34. The van der Waals surface area contributed by atoms with Crippen molar-refractivity contribution in [3.63, 3.8) is 0 Å². The van der Waals surface area contributed by atoms with E-state index in [1.54, 1.807) is 80.3 Å². The number of aromatic nitrogens is 12. The Hall–Kier alpha value is -5.47. The van der Waals surface area contributed by atoms with E-state index in [4.69, 9.17) is 83.6 Å². The Bertz CT molecular complexity index is 4400. The maximum Gasteiger partial charge on any atom is 0.473 e. The number of nitrogens with two attached hydrogens (primary N) is 2. The lowest BCUT2D eigenvalue weighted by atomic mass is 9.87. The van der Waals surface area contributed by atoms with Gasteiger partial charge in [-0.3, -0.25) is 55.9 Å². The Balaban J connectivity index is 0.000000208. The van der Waals surface area contributed by atoms with Crippen molar-refractivity contribution in [1.82, 2.24) is 58.1 Å². The van der Waals surface area contributed by atoms with Crippen molar-refractivity contribution in [1.29, 1.82) is 0 Å². The molecule has 0 saturated carbocycles. The van der Waals surface area contributed by atoms with Crippen LogP contribution in [0.5, 0.6) is 0 Å². The number of phosphoric ester groups is 2. The van der Waals surface area contributed by atoms with Crippen LogP contribution < -0.4 is 34.0 Å². The fourth-order valence-electron chi connectivity index (χ4n) is 13.1. The van der Waals surface area contributed by atoms with Gasteiger partial charge in [-0.25, -0.2) is 48.6 Å². The maximum atomic E-state index is 12.8. The number of ether oxygens (including phenoxy) is 7. The molecule has 17 atom stereocenters. The Morgan fingerprint density at radius 3 is 1.16 bits per heavy atom. The number of nitrogens with one attached hydrogen (secondary N) is 2. The van der Waals surface area contributed by atoms with Crippen LogP contribution in [-0.2, 0) is 81.2 Å². The third kappa shape index (κ3) is 27.9. The molecule has 4 aliphatic rings. The number of imidazole rings is 2. The predicted molar refractivity (Wildman–Crippen MR) is 423 cm³/mol. The summed E-state index contributed by atoms with van der Waals surface area (Å²) >= 11 is 5.17. The minimum atomic E-state index is -4.41. The van der Waals surface area contributed by atoms with Crippen LogP contribution in [0.25, 0.3) is 22.3 Å². The molecular formula is C72H121N14O22P3S. The second-order valence-corrected chi connectivity index (χ2v) is 42.5. The van der Waals surface area contributed by atoms with E-state index in [9.17, 15) is 43.0 Å². The largest absolute Gasteiger partial charge is 0.473 e. The molecule has 0 bridgehead atoms. The van der Waals surface area contributed by atoms with E-state index >= 15 is 0 Å². The predicted octanol–water partition coefficient (Wildman–Crippen LogP) is 11.2. The molecule has 10 heterocycles. The number of hydrogen-bond donors (Lipinski definition) is 7. The van der Waals surface area contributed by atoms with Crippen LogP contribution >= 0.6 is 22.4 Å². The van der Waals surface area contributed by atoms with Crippen LogP contribution in [0, 0.1) is 21.7 Å². The first-order valence-electron chi connectivity index (χ1n) is 37.0. The summed E-state index contributed by atoms with van der Waals surface area (Å²) in [6, 6.07) is 2.48. The minimum Gasteiger partial charge on any atom is -0.382 e. The lowest BCUT2D eigenvalue weighted by Crippen LogP contribution is -2.42. The van der Waals surface area contributed by atoms with Gasteiger partial charge >= 0.3 is 33.7 Å². The molecule has 4 saturated heterocycles. The van der Waals surface area contributed by atoms with E-state index in [1.807, 2.05) is 66.9 Å². The van der Waals surface area contributed by atoms with Gasteiger partial charge in [0.2, 0.25) is 0 Å². The number of H-pyrrole nitrogens is 2. The van der Waals surface area contributed by atoms with Gasteiger partial charge in [-0.2, -0.15) is 0 Å². The highest BCUT2D eigenvalue weighted by molar-refractivity contribution is 8.07. The van der Waals surface area contributed by atoms with Gasteiger partial charge in [0.1, 0.15) is 60.6 Å². The smallest absolute Gasteiger partial charge is 0.382 e. The lowest BCUT2D eigenvalue weighted by Gasteiger charge is -2.32. The summed E-state index contributed by atoms with van der Waals surface area (Å²) in [5.41, 5.74) is 8.79. The summed E-state index contributed by atoms with van der Waals surface area (Å²) in [6.45, 7) is 42.9. The summed E-state index contributed by atoms with van der Waals surface area (Å²) < 4.78 is 107. The van der Waals surface area contributed by atoms with Crippen molar-refractivity contribution in [3.05, 3.63) is 91.5 Å². The van der Waals surface area contributed by atoms with Gasteiger partial charge < -0.3 is 68.4 Å². The third-order valence-corrected chi connectivity index (χ3v) is 21.2. The summed E-state index contributed by atoms with van der Waals surface area (Å²) in [7, 11) is -5.56. The topological polar surface area (TPSA) is 464 Å².